The number of fused-ring (bicyclic) bond motifs is 7. The first-order chi connectivity index (χ1) is 26.7. The Morgan fingerprint density at radius 3 is 1.72 bits per heavy atom. The quantitative estimate of drug-likeness (QED) is 0.166. The van der Waals surface area contributed by atoms with Crippen molar-refractivity contribution in [1.29, 1.82) is 0 Å². The van der Waals surface area contributed by atoms with Crippen molar-refractivity contribution in [1.82, 2.24) is 9.13 Å². The average molecular weight is 693 g/mol. The highest BCUT2D eigenvalue weighted by Crippen LogP contribution is 2.38. The first-order valence-electron chi connectivity index (χ1n) is 18.4. The van der Waals surface area contributed by atoms with Gasteiger partial charge in [0, 0.05) is 32.6 Å². The first-order valence-corrected chi connectivity index (χ1v) is 18.4. The van der Waals surface area contributed by atoms with Crippen molar-refractivity contribution in [3.05, 3.63) is 205 Å². The zero-order valence-corrected chi connectivity index (χ0v) is 29.6. The van der Waals surface area contributed by atoms with Crippen LogP contribution >= 0.6 is 0 Å². The van der Waals surface area contributed by atoms with Crippen molar-refractivity contribution in [3.63, 3.8) is 0 Å². The van der Waals surface area contributed by atoms with E-state index >= 15 is 0 Å². The van der Waals surface area contributed by atoms with Crippen molar-refractivity contribution >= 4 is 65.8 Å². The van der Waals surface area contributed by atoms with Gasteiger partial charge in [0.15, 0.2) is 0 Å². The van der Waals surface area contributed by atoms with E-state index in [1.165, 1.54) is 60.2 Å². The van der Waals surface area contributed by atoms with E-state index < -0.39 is 0 Å². The average Bonchev–Trinajstić information content (AvgIpc) is 3.74. The van der Waals surface area contributed by atoms with E-state index in [-0.39, 0.29) is 0 Å². The van der Waals surface area contributed by atoms with Crippen LogP contribution in [-0.4, -0.2) is 14.8 Å². The summed E-state index contributed by atoms with van der Waals surface area (Å²) in [6, 6.07) is 66.7. The molecule has 0 amide bonds. The maximum Gasteiger partial charge on any atom is 0.115 e. The summed E-state index contributed by atoms with van der Waals surface area (Å²) < 4.78 is 4.73. The second kappa shape index (κ2) is 13.1. The van der Waals surface area contributed by atoms with Crippen LogP contribution in [0.3, 0.4) is 0 Å². The van der Waals surface area contributed by atoms with Crippen LogP contribution in [-0.2, 0) is 6.67 Å². The summed E-state index contributed by atoms with van der Waals surface area (Å²) in [5.74, 6) is 0. The van der Waals surface area contributed by atoms with Gasteiger partial charge in [0.25, 0.3) is 0 Å². The lowest BCUT2D eigenvalue weighted by Crippen LogP contribution is -2.06. The van der Waals surface area contributed by atoms with Gasteiger partial charge in [-0.1, -0.05) is 146 Å². The molecule has 0 atom stereocenters. The third kappa shape index (κ3) is 5.35. The molecule has 10 aromatic rings. The van der Waals surface area contributed by atoms with E-state index in [0.29, 0.717) is 12.4 Å². The van der Waals surface area contributed by atoms with E-state index in [1.807, 2.05) is 54.6 Å². The Bertz CT molecular complexity index is 3070. The molecule has 2 aromatic heterocycles. The van der Waals surface area contributed by atoms with E-state index in [4.69, 9.17) is 10.7 Å². The zero-order chi connectivity index (χ0) is 36.0. The molecule has 0 aliphatic heterocycles. The lowest BCUT2D eigenvalue weighted by molar-refractivity contribution is 0.793. The van der Waals surface area contributed by atoms with E-state index in [1.54, 1.807) is 0 Å². The Labute approximate surface area is 313 Å². The first kappa shape index (κ1) is 31.6. The fourth-order valence-electron chi connectivity index (χ4n) is 8.04. The fraction of sp³-hybridized carbons (Fsp3) is 0.0200. The highest BCUT2D eigenvalue weighted by molar-refractivity contribution is 6.14. The molecule has 0 aliphatic rings. The van der Waals surface area contributed by atoms with E-state index in [2.05, 4.69) is 149 Å². The summed E-state index contributed by atoms with van der Waals surface area (Å²) in [5, 5.41) is 7.37. The topological polar surface area (TPSA) is 48.2 Å². The summed E-state index contributed by atoms with van der Waals surface area (Å²) in [6.45, 7) is 0.450. The van der Waals surface area contributed by atoms with E-state index in [9.17, 15) is 0 Å². The molecule has 0 radical (unpaired) electrons. The Kier molecular flexibility index (Phi) is 7.66. The summed E-state index contributed by atoms with van der Waals surface area (Å²) in [7, 11) is 0. The molecule has 0 fully saturated rings. The Morgan fingerprint density at radius 1 is 0.463 bits per heavy atom. The Hall–Kier alpha value is -7.17. The molecule has 0 saturated carbocycles. The second-order valence-electron chi connectivity index (χ2n) is 13.8. The molecule has 0 saturated heterocycles. The van der Waals surface area contributed by atoms with Gasteiger partial charge in [-0.25, -0.2) is 0 Å². The molecule has 0 unspecified atom stereocenters. The SMILES string of the molecule is NC(=CC(=NCn1c2ccccc2c2cc(-c3ccc4c(c3)c3ccccc3n4-c3cccc4ccccc34)ccc21)c1ccccc1)c1ccccc1. The van der Waals surface area contributed by atoms with Gasteiger partial charge in [-0.05, 0) is 76.2 Å². The standard InChI is InChI=1S/C50H36N4/c51-44(35-15-3-1-4-16-35)32-45(36-17-5-2-6-18-36)52-33-53-46-23-11-9-21-40(46)42-30-37(26-28-47(42)53)38-27-29-50-43(31-38)41-22-10-12-24-49(41)54(50)48-25-13-19-34-14-7-8-20-39(34)48/h1-32H,33,51H2. The maximum atomic E-state index is 6.63. The number of benzene rings is 8. The Morgan fingerprint density at radius 2 is 0.981 bits per heavy atom. The number of hydrogen-bond donors (Lipinski definition) is 1. The molecule has 256 valence electrons. The van der Waals surface area contributed by atoms with Crippen molar-refractivity contribution < 1.29 is 0 Å². The number of aliphatic imine (C=N–C) groups is 1. The van der Waals surface area contributed by atoms with Crippen molar-refractivity contribution in [3.8, 4) is 16.8 Å². The van der Waals surface area contributed by atoms with Gasteiger partial charge in [-0.3, -0.25) is 4.99 Å². The monoisotopic (exact) mass is 692 g/mol. The minimum absolute atomic E-state index is 0.450. The Balaban J connectivity index is 1.09. The predicted molar refractivity (Wildman–Crippen MR) is 228 cm³/mol. The second-order valence-corrected chi connectivity index (χ2v) is 13.8. The summed E-state index contributed by atoms with van der Waals surface area (Å²) in [4.78, 5) is 5.21. The highest BCUT2D eigenvalue weighted by atomic mass is 15.1. The number of nitrogens with two attached hydrogens (primary N) is 1. The van der Waals surface area contributed by atoms with Gasteiger partial charge in [-0.15, -0.1) is 0 Å². The number of aromatic nitrogens is 2. The molecule has 2 heterocycles. The molecular weight excluding hydrogens is 657 g/mol. The number of hydrogen-bond acceptors (Lipinski definition) is 2. The van der Waals surface area contributed by atoms with Crippen LogP contribution in [0.5, 0.6) is 0 Å². The summed E-state index contributed by atoms with van der Waals surface area (Å²) in [6.07, 6.45) is 1.99. The number of allylic oxidation sites excluding steroid dienone is 1. The molecular formula is C50H36N4. The van der Waals surface area contributed by atoms with Gasteiger partial charge in [0.05, 0.1) is 33.5 Å². The third-order valence-electron chi connectivity index (χ3n) is 10.6. The van der Waals surface area contributed by atoms with Crippen LogP contribution in [0.2, 0.25) is 0 Å². The smallest absolute Gasteiger partial charge is 0.115 e. The molecule has 0 aliphatic carbocycles. The maximum absolute atomic E-state index is 6.63. The van der Waals surface area contributed by atoms with Crippen molar-refractivity contribution in [2.24, 2.45) is 10.7 Å². The van der Waals surface area contributed by atoms with Crippen LogP contribution in [0.4, 0.5) is 0 Å². The largest absolute Gasteiger partial charge is 0.398 e. The number of nitrogens with zero attached hydrogens (tertiary/aromatic N) is 3. The molecule has 0 spiro atoms. The van der Waals surface area contributed by atoms with Crippen LogP contribution in [0.15, 0.2) is 199 Å². The van der Waals surface area contributed by atoms with Gasteiger partial charge >= 0.3 is 0 Å². The molecule has 54 heavy (non-hydrogen) atoms. The van der Waals surface area contributed by atoms with Crippen LogP contribution in [0.25, 0.3) is 76.9 Å². The lowest BCUT2D eigenvalue weighted by Gasteiger charge is -2.12. The molecule has 4 heteroatoms. The molecule has 2 N–H and O–H groups in total. The molecule has 8 aromatic carbocycles. The van der Waals surface area contributed by atoms with Gasteiger partial charge in [0.2, 0.25) is 0 Å². The van der Waals surface area contributed by atoms with Gasteiger partial charge in [0.1, 0.15) is 6.67 Å². The minimum atomic E-state index is 0.450. The summed E-state index contributed by atoms with van der Waals surface area (Å²) >= 11 is 0. The van der Waals surface area contributed by atoms with Gasteiger partial charge in [-0.2, -0.15) is 0 Å². The van der Waals surface area contributed by atoms with Crippen LogP contribution in [0.1, 0.15) is 11.1 Å². The molecule has 10 rings (SSSR count). The van der Waals surface area contributed by atoms with Gasteiger partial charge < -0.3 is 14.9 Å². The van der Waals surface area contributed by atoms with Crippen LogP contribution in [0, 0.1) is 0 Å². The fourth-order valence-corrected chi connectivity index (χ4v) is 8.04. The lowest BCUT2D eigenvalue weighted by atomic mass is 10.0. The molecule has 0 bridgehead atoms. The highest BCUT2D eigenvalue weighted by Gasteiger charge is 2.16. The number of para-hydroxylation sites is 2. The third-order valence-corrected chi connectivity index (χ3v) is 10.6. The van der Waals surface area contributed by atoms with E-state index in [0.717, 1.165) is 27.9 Å². The van der Waals surface area contributed by atoms with Crippen molar-refractivity contribution in [2.45, 2.75) is 6.67 Å². The molecule has 4 nitrogen and oxygen atoms in total. The summed E-state index contributed by atoms with van der Waals surface area (Å²) in [5.41, 5.74) is 18.4. The minimum Gasteiger partial charge on any atom is -0.398 e. The number of rotatable bonds is 7. The van der Waals surface area contributed by atoms with Crippen molar-refractivity contribution in [2.75, 3.05) is 0 Å². The normalized spacial score (nSPS) is 12.4. The predicted octanol–water partition coefficient (Wildman–Crippen LogP) is 12.2. The van der Waals surface area contributed by atoms with Crippen LogP contribution < -0.4 is 5.73 Å². The zero-order valence-electron chi connectivity index (χ0n) is 29.6.